The van der Waals surface area contributed by atoms with E-state index in [0.29, 0.717) is 10.5 Å². The zero-order valence-electron chi connectivity index (χ0n) is 10.2. The highest BCUT2D eigenvalue weighted by atomic mass is 79.9. The number of carbonyl (C=O) groups is 1. The summed E-state index contributed by atoms with van der Waals surface area (Å²) in [5.41, 5.74) is 0.198. The quantitative estimate of drug-likeness (QED) is 0.737. The Kier molecular flexibility index (Phi) is 4.78. The van der Waals surface area contributed by atoms with Gasteiger partial charge in [-0.2, -0.15) is 11.8 Å². The molecule has 3 unspecified atom stereocenters. The molecule has 1 nitrogen and oxygen atoms in total. The van der Waals surface area contributed by atoms with Crippen molar-refractivity contribution >= 4 is 45.2 Å². The van der Waals surface area contributed by atoms with E-state index in [1.54, 1.807) is 35.7 Å². The van der Waals surface area contributed by atoms with Crippen LogP contribution >= 0.6 is 39.5 Å². The number of rotatable bonds is 2. The molecule has 3 atom stereocenters. The molecule has 1 heterocycles. The maximum atomic E-state index is 13.7. The normalized spacial score (nSPS) is 28.1. The van der Waals surface area contributed by atoms with Crippen molar-refractivity contribution in [3.8, 4) is 0 Å². The predicted octanol–water partition coefficient (Wildman–Crippen LogP) is 4.40. The third-order valence-electron chi connectivity index (χ3n) is 3.04. The lowest BCUT2D eigenvalue weighted by atomic mass is 10.1. The largest absolute Gasteiger partial charge is 0.293 e. The molecule has 1 aliphatic rings. The molecule has 2 rings (SSSR count). The second kappa shape index (κ2) is 5.97. The van der Waals surface area contributed by atoms with Crippen LogP contribution in [0.1, 0.15) is 24.2 Å². The second-order valence-electron chi connectivity index (χ2n) is 4.36. The van der Waals surface area contributed by atoms with Crippen LogP contribution in [0.2, 0.25) is 0 Å². The average molecular weight is 349 g/mol. The zero-order chi connectivity index (χ0) is 13.3. The van der Waals surface area contributed by atoms with Crippen LogP contribution in [-0.4, -0.2) is 27.3 Å². The van der Waals surface area contributed by atoms with Crippen LogP contribution in [-0.2, 0) is 0 Å². The molecule has 5 heteroatoms. The molecule has 1 aromatic carbocycles. The van der Waals surface area contributed by atoms with E-state index in [-0.39, 0.29) is 16.6 Å². The van der Waals surface area contributed by atoms with Gasteiger partial charge in [0.1, 0.15) is 5.82 Å². The van der Waals surface area contributed by atoms with Crippen molar-refractivity contribution in [3.63, 3.8) is 0 Å². The third-order valence-corrected chi connectivity index (χ3v) is 6.92. The predicted molar refractivity (Wildman–Crippen MR) is 81.2 cm³/mol. The summed E-state index contributed by atoms with van der Waals surface area (Å²) in [7, 11) is 0. The first kappa shape index (κ1) is 14.4. The lowest BCUT2D eigenvalue weighted by molar-refractivity contribution is 0.0991. The van der Waals surface area contributed by atoms with Crippen molar-refractivity contribution in [2.45, 2.75) is 29.6 Å². The molecular weight excluding hydrogens is 335 g/mol. The van der Waals surface area contributed by atoms with Crippen molar-refractivity contribution in [3.05, 3.63) is 34.1 Å². The number of hydrogen-bond acceptors (Lipinski definition) is 3. The minimum Gasteiger partial charge on any atom is -0.293 e. The molecule has 0 aromatic heterocycles. The highest BCUT2D eigenvalue weighted by molar-refractivity contribution is 9.10. The maximum absolute atomic E-state index is 13.7. The lowest BCUT2D eigenvalue weighted by Crippen LogP contribution is -2.32. The molecule has 0 saturated carbocycles. The van der Waals surface area contributed by atoms with E-state index < -0.39 is 5.82 Å². The summed E-state index contributed by atoms with van der Waals surface area (Å²) in [6.45, 7) is 4.29. The Hall–Kier alpha value is -0.000000000000000111. The van der Waals surface area contributed by atoms with Crippen LogP contribution in [0.15, 0.2) is 22.7 Å². The minimum atomic E-state index is -0.430. The number of benzene rings is 1. The summed E-state index contributed by atoms with van der Waals surface area (Å²) in [5, 5.41) is 0.837. The molecule has 0 amide bonds. The molecule has 0 N–H and O–H groups in total. The molecule has 0 spiro atoms. The van der Waals surface area contributed by atoms with Crippen LogP contribution in [0.3, 0.4) is 0 Å². The zero-order valence-corrected chi connectivity index (χ0v) is 13.4. The van der Waals surface area contributed by atoms with Gasteiger partial charge in [0.2, 0.25) is 0 Å². The van der Waals surface area contributed by atoms with Crippen LogP contribution in [0.25, 0.3) is 0 Å². The molecule has 98 valence electrons. The number of Topliss-reactive ketones (excluding diaryl/α,β-unsaturated/α-hetero) is 1. The van der Waals surface area contributed by atoms with Crippen molar-refractivity contribution in [2.24, 2.45) is 0 Å². The average Bonchev–Trinajstić information content (AvgIpc) is 2.35. The summed E-state index contributed by atoms with van der Waals surface area (Å²) < 4.78 is 14.4. The van der Waals surface area contributed by atoms with Gasteiger partial charge in [-0.1, -0.05) is 29.8 Å². The highest BCUT2D eigenvalue weighted by Crippen LogP contribution is 2.37. The monoisotopic (exact) mass is 348 g/mol. The van der Waals surface area contributed by atoms with Crippen molar-refractivity contribution < 1.29 is 9.18 Å². The Morgan fingerprint density at radius 1 is 1.39 bits per heavy atom. The van der Waals surface area contributed by atoms with Gasteiger partial charge in [-0.05, 0) is 18.2 Å². The van der Waals surface area contributed by atoms with E-state index in [1.807, 2.05) is 0 Å². The fraction of sp³-hybridized carbons (Fsp3) is 0.462. The van der Waals surface area contributed by atoms with E-state index in [9.17, 15) is 9.18 Å². The molecular formula is C13H14BrFOS2. The fourth-order valence-electron chi connectivity index (χ4n) is 1.78. The first-order valence-electron chi connectivity index (χ1n) is 5.75. The molecule has 1 aromatic rings. The molecule has 1 saturated heterocycles. The Labute approximate surface area is 123 Å². The molecule has 1 aliphatic heterocycles. The Bertz CT molecular complexity index is 466. The topological polar surface area (TPSA) is 17.1 Å². The summed E-state index contributed by atoms with van der Waals surface area (Å²) in [4.78, 5) is 12.3. The van der Waals surface area contributed by atoms with Crippen molar-refractivity contribution in [1.82, 2.24) is 0 Å². The standard InChI is InChI=1S/C13H14BrFOS2/c1-7-8(2)18-12(6-17-7)13(16)10-5-9(14)3-4-11(10)15/h3-5,7-8,12H,6H2,1-2H3. The van der Waals surface area contributed by atoms with Gasteiger partial charge in [0.15, 0.2) is 5.78 Å². The van der Waals surface area contributed by atoms with Crippen LogP contribution in [0.4, 0.5) is 4.39 Å². The maximum Gasteiger partial charge on any atom is 0.179 e. The third kappa shape index (κ3) is 3.11. The molecule has 0 aliphatic carbocycles. The number of halogens is 2. The summed E-state index contributed by atoms with van der Waals surface area (Å²) in [6.07, 6.45) is 0. The molecule has 0 radical (unpaired) electrons. The van der Waals surface area contributed by atoms with Gasteiger partial charge in [-0.3, -0.25) is 4.79 Å². The highest BCUT2D eigenvalue weighted by Gasteiger charge is 2.31. The first-order valence-corrected chi connectivity index (χ1v) is 8.54. The van der Waals surface area contributed by atoms with Gasteiger partial charge in [0.25, 0.3) is 0 Å². The molecule has 18 heavy (non-hydrogen) atoms. The number of carbonyl (C=O) groups excluding carboxylic acids is 1. The summed E-state index contributed by atoms with van der Waals surface area (Å²) >= 11 is 6.73. The second-order valence-corrected chi connectivity index (χ2v) is 8.27. The van der Waals surface area contributed by atoms with E-state index in [4.69, 9.17) is 0 Å². The van der Waals surface area contributed by atoms with E-state index in [1.165, 1.54) is 6.07 Å². The van der Waals surface area contributed by atoms with Gasteiger partial charge < -0.3 is 0 Å². The van der Waals surface area contributed by atoms with E-state index in [2.05, 4.69) is 29.8 Å². The van der Waals surface area contributed by atoms with Crippen LogP contribution < -0.4 is 0 Å². The minimum absolute atomic E-state index is 0.0925. The number of ketones is 1. The first-order chi connectivity index (χ1) is 8.49. The van der Waals surface area contributed by atoms with Gasteiger partial charge in [0.05, 0.1) is 10.8 Å². The lowest BCUT2D eigenvalue weighted by Gasteiger charge is -2.30. The summed E-state index contributed by atoms with van der Waals surface area (Å²) in [6, 6.07) is 4.52. The fourth-order valence-corrected chi connectivity index (χ4v) is 5.01. The SMILES string of the molecule is CC1SCC(C(=O)c2cc(Br)ccc2F)SC1C. The van der Waals surface area contributed by atoms with Gasteiger partial charge in [0, 0.05) is 20.7 Å². The summed E-state index contributed by atoms with van der Waals surface area (Å²) in [5.74, 6) is 0.242. The van der Waals surface area contributed by atoms with E-state index >= 15 is 0 Å². The molecule has 0 bridgehead atoms. The van der Waals surface area contributed by atoms with Gasteiger partial charge in [-0.15, -0.1) is 11.8 Å². The molecule has 1 fully saturated rings. The Morgan fingerprint density at radius 2 is 2.11 bits per heavy atom. The number of hydrogen-bond donors (Lipinski definition) is 0. The van der Waals surface area contributed by atoms with Gasteiger partial charge >= 0.3 is 0 Å². The van der Waals surface area contributed by atoms with Crippen LogP contribution in [0.5, 0.6) is 0 Å². The Morgan fingerprint density at radius 3 is 2.78 bits per heavy atom. The Balaban J connectivity index is 2.19. The number of thioether (sulfide) groups is 2. The van der Waals surface area contributed by atoms with E-state index in [0.717, 1.165) is 10.2 Å². The van der Waals surface area contributed by atoms with Gasteiger partial charge in [-0.25, -0.2) is 4.39 Å². The van der Waals surface area contributed by atoms with Crippen molar-refractivity contribution in [1.29, 1.82) is 0 Å². The smallest absolute Gasteiger partial charge is 0.179 e. The van der Waals surface area contributed by atoms with Crippen molar-refractivity contribution in [2.75, 3.05) is 5.75 Å². The van der Waals surface area contributed by atoms with Crippen LogP contribution in [0, 0.1) is 5.82 Å².